The summed E-state index contributed by atoms with van der Waals surface area (Å²) in [5, 5.41) is 28.5. The van der Waals surface area contributed by atoms with E-state index in [9.17, 15) is 15.0 Å². The first-order valence-corrected chi connectivity index (χ1v) is 6.02. The second kappa shape index (κ2) is 6.63. The summed E-state index contributed by atoms with van der Waals surface area (Å²) in [6.07, 6.45) is -1.69. The van der Waals surface area contributed by atoms with Gasteiger partial charge in [-0.1, -0.05) is 6.07 Å². The lowest BCUT2D eigenvalue weighted by atomic mass is 10.0. The maximum atomic E-state index is 10.9. The number of rotatable bonds is 6. The summed E-state index contributed by atoms with van der Waals surface area (Å²) in [6.45, 7) is 0. The quantitative estimate of drug-likeness (QED) is 0.583. The molecule has 0 amide bonds. The molecule has 0 aliphatic carbocycles. The maximum absolute atomic E-state index is 10.9. The van der Waals surface area contributed by atoms with Gasteiger partial charge in [0.2, 0.25) is 0 Å². The van der Waals surface area contributed by atoms with E-state index in [2.05, 4.69) is 12.6 Å². The molecule has 0 spiro atoms. The van der Waals surface area contributed by atoms with Crippen LogP contribution in [0.25, 0.3) is 0 Å². The number of aliphatic hydroxyl groups excluding tert-OH is 2. The molecule has 0 aliphatic heterocycles. The lowest BCUT2D eigenvalue weighted by Crippen LogP contribution is -2.19. The zero-order valence-corrected chi connectivity index (χ0v) is 10.8. The van der Waals surface area contributed by atoms with Crippen LogP contribution in [-0.4, -0.2) is 40.3 Å². The van der Waals surface area contributed by atoms with Crippen LogP contribution in [0.4, 0.5) is 0 Å². The Morgan fingerprint density at radius 2 is 2.11 bits per heavy atom. The van der Waals surface area contributed by atoms with Gasteiger partial charge in [-0.25, -0.2) is 4.79 Å². The molecule has 1 rings (SSSR count). The molecule has 3 N–H and O–H groups in total. The Morgan fingerprint density at radius 1 is 1.44 bits per heavy atom. The molecule has 2 unspecified atom stereocenters. The number of methoxy groups -OCH3 is 1. The highest BCUT2D eigenvalue weighted by Crippen LogP contribution is 2.26. The van der Waals surface area contributed by atoms with Crippen molar-refractivity contribution in [3.05, 3.63) is 29.3 Å². The van der Waals surface area contributed by atoms with Crippen molar-refractivity contribution in [3.8, 4) is 5.75 Å². The minimum atomic E-state index is -1.11. The van der Waals surface area contributed by atoms with Gasteiger partial charge in [0.25, 0.3) is 0 Å². The van der Waals surface area contributed by atoms with Crippen LogP contribution in [0.2, 0.25) is 0 Å². The van der Waals surface area contributed by atoms with Crippen LogP contribution in [0.15, 0.2) is 18.2 Å². The standard InChI is InChI=1S/C12H16O5S/c1-17-10-6-7(2-3-8(10)12(15)16)11(14)9(13)4-5-18/h2-3,6,9,11,13-14,18H,4-5H2,1H3,(H,15,16). The molecule has 5 nitrogen and oxygen atoms in total. The van der Waals surface area contributed by atoms with Crippen LogP contribution in [0.3, 0.4) is 0 Å². The molecule has 0 aromatic heterocycles. The molecule has 100 valence electrons. The van der Waals surface area contributed by atoms with Crippen LogP contribution in [0.5, 0.6) is 5.75 Å². The van der Waals surface area contributed by atoms with E-state index in [4.69, 9.17) is 9.84 Å². The molecule has 1 aromatic rings. The molecule has 18 heavy (non-hydrogen) atoms. The van der Waals surface area contributed by atoms with Crippen molar-refractivity contribution >= 4 is 18.6 Å². The van der Waals surface area contributed by atoms with Gasteiger partial charge >= 0.3 is 5.97 Å². The highest BCUT2D eigenvalue weighted by atomic mass is 32.1. The number of aromatic carboxylic acids is 1. The van der Waals surface area contributed by atoms with Gasteiger partial charge in [-0.15, -0.1) is 0 Å². The van der Waals surface area contributed by atoms with E-state index < -0.39 is 18.2 Å². The van der Waals surface area contributed by atoms with Crippen LogP contribution < -0.4 is 4.74 Å². The minimum Gasteiger partial charge on any atom is -0.496 e. The SMILES string of the molecule is COc1cc(C(O)C(O)CCS)ccc1C(=O)O. The first-order chi connectivity index (χ1) is 8.51. The van der Waals surface area contributed by atoms with Gasteiger partial charge in [0, 0.05) is 0 Å². The molecule has 0 radical (unpaired) electrons. The van der Waals surface area contributed by atoms with Crippen molar-refractivity contribution in [1.82, 2.24) is 0 Å². The molecular formula is C12H16O5S. The molecule has 0 bridgehead atoms. The molecule has 0 fully saturated rings. The minimum absolute atomic E-state index is 0.0112. The summed E-state index contributed by atoms with van der Waals surface area (Å²) >= 11 is 3.98. The van der Waals surface area contributed by atoms with E-state index in [-0.39, 0.29) is 11.3 Å². The van der Waals surface area contributed by atoms with Gasteiger partial charge in [0.1, 0.15) is 17.4 Å². The molecule has 0 saturated carbocycles. The van der Waals surface area contributed by atoms with E-state index in [1.807, 2.05) is 0 Å². The third kappa shape index (κ3) is 3.38. The van der Waals surface area contributed by atoms with Gasteiger partial charge in [-0.05, 0) is 29.9 Å². The average Bonchev–Trinajstić information content (AvgIpc) is 2.37. The zero-order valence-electron chi connectivity index (χ0n) is 9.91. The summed E-state index contributed by atoms with van der Waals surface area (Å²) in [7, 11) is 1.35. The predicted octanol–water partition coefficient (Wildman–Crippen LogP) is 1.11. The van der Waals surface area contributed by atoms with Gasteiger partial charge in [0.05, 0.1) is 13.2 Å². The zero-order chi connectivity index (χ0) is 13.7. The fourth-order valence-corrected chi connectivity index (χ4v) is 1.85. The Morgan fingerprint density at radius 3 is 2.61 bits per heavy atom. The number of aliphatic hydroxyl groups is 2. The number of carboxylic acid groups (broad SMARTS) is 1. The van der Waals surface area contributed by atoms with Gasteiger partial charge in [0.15, 0.2) is 0 Å². The van der Waals surface area contributed by atoms with E-state index >= 15 is 0 Å². The van der Waals surface area contributed by atoms with E-state index in [1.54, 1.807) is 0 Å². The molecule has 0 heterocycles. The smallest absolute Gasteiger partial charge is 0.339 e. The molecule has 0 saturated heterocycles. The number of thiol groups is 1. The van der Waals surface area contributed by atoms with Crippen LogP contribution in [0.1, 0.15) is 28.4 Å². The summed E-state index contributed by atoms with van der Waals surface area (Å²) in [6, 6.07) is 4.21. The van der Waals surface area contributed by atoms with Crippen LogP contribution in [-0.2, 0) is 0 Å². The maximum Gasteiger partial charge on any atom is 0.339 e. The topological polar surface area (TPSA) is 87.0 Å². The molecule has 6 heteroatoms. The van der Waals surface area contributed by atoms with Gasteiger partial charge in [-0.2, -0.15) is 12.6 Å². The Kier molecular flexibility index (Phi) is 5.46. The second-order valence-corrected chi connectivity index (χ2v) is 4.24. The van der Waals surface area contributed by atoms with E-state index in [0.29, 0.717) is 17.7 Å². The fourth-order valence-electron chi connectivity index (χ4n) is 1.58. The lowest BCUT2D eigenvalue weighted by Gasteiger charge is -2.18. The summed E-state index contributed by atoms with van der Waals surface area (Å²) in [5.74, 6) is -0.510. The van der Waals surface area contributed by atoms with Gasteiger partial charge < -0.3 is 20.1 Å². The van der Waals surface area contributed by atoms with Crippen molar-refractivity contribution in [1.29, 1.82) is 0 Å². The third-order valence-corrected chi connectivity index (χ3v) is 2.85. The number of carbonyl (C=O) groups is 1. The summed E-state index contributed by atoms with van der Waals surface area (Å²) < 4.78 is 4.95. The first-order valence-electron chi connectivity index (χ1n) is 5.39. The van der Waals surface area contributed by atoms with E-state index in [0.717, 1.165) is 0 Å². The Labute approximate surface area is 110 Å². The predicted molar refractivity (Wildman–Crippen MR) is 69.4 cm³/mol. The number of hydrogen-bond donors (Lipinski definition) is 4. The highest BCUT2D eigenvalue weighted by molar-refractivity contribution is 7.80. The number of benzene rings is 1. The number of hydrogen-bond acceptors (Lipinski definition) is 5. The van der Waals surface area contributed by atoms with Crippen LogP contribution >= 0.6 is 12.6 Å². The Bertz CT molecular complexity index is 421. The van der Waals surface area contributed by atoms with E-state index in [1.165, 1.54) is 25.3 Å². The van der Waals surface area contributed by atoms with Crippen LogP contribution in [0, 0.1) is 0 Å². The number of carboxylic acids is 1. The molecular weight excluding hydrogens is 256 g/mol. The first kappa shape index (κ1) is 14.8. The van der Waals surface area contributed by atoms with Crippen molar-refractivity contribution < 1.29 is 24.9 Å². The summed E-state index contributed by atoms with van der Waals surface area (Å²) in [5.41, 5.74) is 0.420. The molecule has 1 aromatic carbocycles. The highest BCUT2D eigenvalue weighted by Gasteiger charge is 2.20. The Hall–Kier alpha value is -1.24. The average molecular weight is 272 g/mol. The van der Waals surface area contributed by atoms with Crippen molar-refractivity contribution in [2.45, 2.75) is 18.6 Å². The second-order valence-electron chi connectivity index (χ2n) is 3.79. The third-order valence-electron chi connectivity index (χ3n) is 2.59. The largest absolute Gasteiger partial charge is 0.496 e. The van der Waals surface area contributed by atoms with Crippen molar-refractivity contribution in [3.63, 3.8) is 0 Å². The summed E-state index contributed by atoms with van der Waals surface area (Å²) in [4.78, 5) is 10.9. The van der Waals surface area contributed by atoms with Crippen molar-refractivity contribution in [2.75, 3.05) is 12.9 Å². The molecule has 2 atom stereocenters. The fraction of sp³-hybridized carbons (Fsp3) is 0.417. The van der Waals surface area contributed by atoms with Gasteiger partial charge in [-0.3, -0.25) is 0 Å². The monoisotopic (exact) mass is 272 g/mol. The lowest BCUT2D eigenvalue weighted by molar-refractivity contribution is 0.0171. The number of ether oxygens (including phenoxy) is 1. The Balaban J connectivity index is 3.01. The molecule has 0 aliphatic rings. The normalized spacial score (nSPS) is 14.0. The van der Waals surface area contributed by atoms with Crippen molar-refractivity contribution in [2.24, 2.45) is 0 Å².